The van der Waals surface area contributed by atoms with Gasteiger partial charge in [-0.05, 0) is 24.1 Å². The molecule has 2 aliphatic rings. The van der Waals surface area contributed by atoms with E-state index < -0.39 is 34.3 Å². The van der Waals surface area contributed by atoms with Crippen LogP contribution in [0.1, 0.15) is 12.0 Å². The minimum Gasteiger partial charge on any atom is -0.378 e. The second-order valence-electron chi connectivity index (χ2n) is 6.33. The number of anilines is 1. The maximum absolute atomic E-state index is 12.3. The monoisotopic (exact) mass is 368 g/mol. The van der Waals surface area contributed by atoms with Crippen LogP contribution >= 0.6 is 0 Å². The van der Waals surface area contributed by atoms with E-state index in [9.17, 15) is 18.0 Å². The number of rotatable bonds is 4. The van der Waals surface area contributed by atoms with Gasteiger partial charge in [-0.25, -0.2) is 9.10 Å². The molecular weight excluding hydrogens is 348 g/mol. The number of hydrogen-bond donors (Lipinski definition) is 2. The maximum Gasteiger partial charge on any atom is 0.362 e. The average molecular weight is 368 g/mol. The molecule has 25 heavy (non-hydrogen) atoms. The number of nitrogens with one attached hydrogen (secondary N) is 1. The Kier molecular flexibility index (Phi) is 4.33. The summed E-state index contributed by atoms with van der Waals surface area (Å²) >= 11 is 0. The van der Waals surface area contributed by atoms with E-state index in [-0.39, 0.29) is 6.54 Å². The minimum atomic E-state index is -4.56. The lowest BCUT2D eigenvalue weighted by molar-refractivity contribution is -0.143. The highest BCUT2D eigenvalue weighted by Crippen LogP contribution is 2.35. The predicted octanol–water partition coefficient (Wildman–Crippen LogP) is 0.0501. The molecule has 2 heterocycles. The molecule has 0 aromatic heterocycles. The topological polar surface area (TPSA) is 110 Å². The van der Waals surface area contributed by atoms with E-state index in [2.05, 4.69) is 5.32 Å². The molecule has 2 aliphatic heterocycles. The van der Waals surface area contributed by atoms with Gasteiger partial charge in [-0.15, -0.1) is 0 Å². The molecule has 2 saturated heterocycles. The number of likely N-dealkylation sites (tertiary alicyclic amines) is 1. The van der Waals surface area contributed by atoms with Gasteiger partial charge < -0.3 is 15.1 Å². The lowest BCUT2D eigenvalue weighted by atomic mass is 10.0. The first kappa shape index (κ1) is 17.5. The van der Waals surface area contributed by atoms with Crippen molar-refractivity contribution >= 4 is 27.9 Å². The van der Waals surface area contributed by atoms with Gasteiger partial charge in [0.2, 0.25) is 0 Å². The Balaban J connectivity index is 1.59. The average Bonchev–Trinajstić information content (AvgIpc) is 2.90. The largest absolute Gasteiger partial charge is 0.378 e. The Morgan fingerprint density at radius 3 is 2.52 bits per heavy atom. The fourth-order valence-electron chi connectivity index (χ4n) is 3.23. The van der Waals surface area contributed by atoms with Crippen LogP contribution < -0.4 is 10.2 Å². The van der Waals surface area contributed by atoms with Crippen LogP contribution in [0.3, 0.4) is 0 Å². The highest BCUT2D eigenvalue weighted by atomic mass is 32.2. The SMILES string of the molecule is CN(C)c1ccc(CNC(=O)N2CC[C@@H]3[C@H]2C(=O)N3S(=O)(=O)O)cc1. The van der Waals surface area contributed by atoms with Crippen molar-refractivity contribution in [1.82, 2.24) is 14.5 Å². The highest BCUT2D eigenvalue weighted by molar-refractivity contribution is 7.84. The van der Waals surface area contributed by atoms with Gasteiger partial charge in [-0.1, -0.05) is 12.1 Å². The summed E-state index contributed by atoms with van der Waals surface area (Å²) in [6.07, 6.45) is 0.321. The number of β-lactam (4-membered cyclic amide) rings is 1. The normalized spacial score (nSPS) is 22.4. The van der Waals surface area contributed by atoms with Crippen molar-refractivity contribution in [2.75, 3.05) is 25.5 Å². The van der Waals surface area contributed by atoms with E-state index in [4.69, 9.17) is 4.55 Å². The molecule has 2 fully saturated rings. The van der Waals surface area contributed by atoms with Gasteiger partial charge >= 0.3 is 16.3 Å². The van der Waals surface area contributed by atoms with Gasteiger partial charge in [0.1, 0.15) is 6.04 Å². The third kappa shape index (κ3) is 3.14. The highest BCUT2D eigenvalue weighted by Gasteiger charge is 2.59. The number of carbonyl (C=O) groups is 2. The number of hydrogen-bond acceptors (Lipinski definition) is 5. The molecule has 9 nitrogen and oxygen atoms in total. The number of nitrogens with zero attached hydrogens (tertiary/aromatic N) is 3. The van der Waals surface area contributed by atoms with Gasteiger partial charge in [-0.2, -0.15) is 8.42 Å². The molecule has 0 spiro atoms. The zero-order chi connectivity index (χ0) is 18.4. The molecule has 1 aromatic rings. The van der Waals surface area contributed by atoms with E-state index >= 15 is 0 Å². The first-order valence-electron chi connectivity index (χ1n) is 7.81. The lowest BCUT2D eigenvalue weighted by Crippen LogP contribution is -2.68. The summed E-state index contributed by atoms with van der Waals surface area (Å²) < 4.78 is 31.8. The molecule has 1 aromatic carbocycles. The van der Waals surface area contributed by atoms with Crippen LogP contribution in [0.5, 0.6) is 0 Å². The van der Waals surface area contributed by atoms with E-state index in [1.807, 2.05) is 43.3 Å². The van der Waals surface area contributed by atoms with E-state index in [0.717, 1.165) is 11.3 Å². The summed E-state index contributed by atoms with van der Waals surface area (Å²) in [5, 5.41) is 2.74. The smallest absolute Gasteiger partial charge is 0.362 e. The van der Waals surface area contributed by atoms with Crippen molar-refractivity contribution in [2.45, 2.75) is 25.0 Å². The van der Waals surface area contributed by atoms with E-state index in [0.29, 0.717) is 17.3 Å². The molecule has 3 rings (SSSR count). The Bertz CT molecular complexity index is 793. The Morgan fingerprint density at radius 2 is 1.96 bits per heavy atom. The zero-order valence-electron chi connectivity index (χ0n) is 13.9. The van der Waals surface area contributed by atoms with Gasteiger partial charge in [-0.3, -0.25) is 9.35 Å². The molecule has 2 N–H and O–H groups in total. The number of carbonyl (C=O) groups excluding carboxylic acids is 2. The van der Waals surface area contributed by atoms with E-state index in [1.54, 1.807) is 0 Å². The molecule has 0 saturated carbocycles. The molecule has 0 aliphatic carbocycles. The summed E-state index contributed by atoms with van der Waals surface area (Å²) in [6.45, 7) is 0.565. The van der Waals surface area contributed by atoms with Crippen LogP contribution in [0, 0.1) is 0 Å². The van der Waals surface area contributed by atoms with Crippen LogP contribution in [-0.4, -0.2) is 66.8 Å². The third-order valence-corrected chi connectivity index (χ3v) is 5.49. The molecule has 0 radical (unpaired) electrons. The van der Waals surface area contributed by atoms with Gasteiger partial charge in [0.15, 0.2) is 0 Å². The summed E-state index contributed by atoms with van der Waals surface area (Å²) in [4.78, 5) is 27.5. The molecule has 3 amide bonds. The van der Waals surface area contributed by atoms with Gasteiger partial charge in [0.05, 0.1) is 6.04 Å². The van der Waals surface area contributed by atoms with Crippen molar-refractivity contribution in [2.24, 2.45) is 0 Å². The van der Waals surface area contributed by atoms with Crippen LogP contribution in [0.4, 0.5) is 10.5 Å². The first-order chi connectivity index (χ1) is 11.7. The number of urea groups is 1. The van der Waals surface area contributed by atoms with Crippen molar-refractivity contribution in [3.63, 3.8) is 0 Å². The van der Waals surface area contributed by atoms with Crippen LogP contribution in [-0.2, 0) is 21.6 Å². The lowest BCUT2D eigenvalue weighted by Gasteiger charge is -2.42. The molecular formula is C15H20N4O5S. The van der Waals surface area contributed by atoms with Crippen molar-refractivity contribution in [3.05, 3.63) is 29.8 Å². The number of benzene rings is 1. The maximum atomic E-state index is 12.3. The second-order valence-corrected chi connectivity index (χ2v) is 7.61. The van der Waals surface area contributed by atoms with Crippen molar-refractivity contribution in [3.8, 4) is 0 Å². The number of amides is 3. The zero-order valence-corrected chi connectivity index (χ0v) is 14.7. The van der Waals surface area contributed by atoms with Crippen LogP contribution in [0.25, 0.3) is 0 Å². The quantitative estimate of drug-likeness (QED) is 0.574. The third-order valence-electron chi connectivity index (χ3n) is 4.54. The summed E-state index contributed by atoms with van der Waals surface area (Å²) in [7, 11) is -0.690. The Hall–Kier alpha value is -2.33. The van der Waals surface area contributed by atoms with Crippen molar-refractivity contribution < 1.29 is 22.6 Å². The summed E-state index contributed by atoms with van der Waals surface area (Å²) in [5.41, 5.74) is 1.96. The number of fused-ring (bicyclic) bond motifs is 1. The molecule has 136 valence electrons. The molecule has 0 unspecified atom stereocenters. The van der Waals surface area contributed by atoms with E-state index in [1.165, 1.54) is 4.90 Å². The van der Waals surface area contributed by atoms with Crippen molar-refractivity contribution in [1.29, 1.82) is 0 Å². The Labute approximate surface area is 146 Å². The van der Waals surface area contributed by atoms with Crippen LogP contribution in [0.2, 0.25) is 0 Å². The summed E-state index contributed by atoms with van der Waals surface area (Å²) in [5.74, 6) is -0.768. The second kappa shape index (κ2) is 6.19. The predicted molar refractivity (Wildman–Crippen MR) is 90.3 cm³/mol. The standard InChI is InChI=1S/C15H20N4O5S/c1-17(2)11-5-3-10(4-6-11)9-16-15(21)18-8-7-12-13(18)14(20)19(12)25(22,23)24/h3-6,12-13H,7-9H2,1-2H3,(H,16,21)(H,22,23,24)/t12-,13+/m1/s1. The van der Waals surface area contributed by atoms with Gasteiger partial charge in [0, 0.05) is 32.9 Å². The minimum absolute atomic E-state index is 0.262. The Morgan fingerprint density at radius 1 is 1.32 bits per heavy atom. The van der Waals surface area contributed by atoms with Crippen LogP contribution in [0.15, 0.2) is 24.3 Å². The molecule has 0 bridgehead atoms. The molecule has 10 heteroatoms. The van der Waals surface area contributed by atoms with Gasteiger partial charge in [0.25, 0.3) is 5.91 Å². The summed E-state index contributed by atoms with van der Waals surface area (Å²) in [6, 6.07) is 5.76. The fourth-order valence-corrected chi connectivity index (χ4v) is 4.13. The molecule has 2 atom stereocenters. The fraction of sp³-hybridized carbons (Fsp3) is 0.467. The first-order valence-corrected chi connectivity index (χ1v) is 9.21.